The largest absolute Gasteiger partial charge is 0.361 e. The second kappa shape index (κ2) is 8.64. The zero-order valence-corrected chi connectivity index (χ0v) is 14.6. The van der Waals surface area contributed by atoms with Crippen LogP contribution in [0.2, 0.25) is 0 Å². The third-order valence-electron chi connectivity index (χ3n) is 2.70. The Hall–Kier alpha value is -1.74. The van der Waals surface area contributed by atoms with Crippen LogP contribution in [0.4, 0.5) is 5.69 Å². The average Bonchev–Trinajstić information content (AvgIpc) is 2.44. The van der Waals surface area contributed by atoms with Crippen LogP contribution in [0.1, 0.15) is 30.6 Å². The molecule has 0 radical (unpaired) electrons. The van der Waals surface area contributed by atoms with E-state index in [2.05, 4.69) is 45.9 Å². The maximum atomic E-state index is 11.9. The number of nitrogens with zero attached hydrogens (tertiary/aromatic N) is 1. The van der Waals surface area contributed by atoms with E-state index in [1.54, 1.807) is 0 Å². The van der Waals surface area contributed by atoms with E-state index >= 15 is 0 Å². The van der Waals surface area contributed by atoms with E-state index in [1.165, 1.54) is 18.2 Å². The second-order valence-electron chi connectivity index (χ2n) is 4.94. The van der Waals surface area contributed by atoms with Gasteiger partial charge in [0.1, 0.15) is 0 Å². The number of benzene rings is 1. The first kappa shape index (κ1) is 18.3. The van der Waals surface area contributed by atoms with Crippen LogP contribution in [0, 0.1) is 16.0 Å². The van der Waals surface area contributed by atoms with Gasteiger partial charge in [0, 0.05) is 18.2 Å². The Morgan fingerprint density at radius 1 is 1.41 bits per heavy atom. The number of carbonyl (C=O) groups is 1. The number of nitro groups is 1. The summed E-state index contributed by atoms with van der Waals surface area (Å²) in [6.45, 7) is 4.89. The Balaban J connectivity index is 2.54. The molecule has 9 heteroatoms. The summed E-state index contributed by atoms with van der Waals surface area (Å²) < 4.78 is 0.313. The fourth-order valence-corrected chi connectivity index (χ4v) is 2.04. The van der Waals surface area contributed by atoms with Crippen molar-refractivity contribution in [2.24, 2.45) is 5.92 Å². The molecular weight excluding hydrogens is 372 g/mol. The molecule has 1 amide bonds. The van der Waals surface area contributed by atoms with Gasteiger partial charge in [-0.2, -0.15) is 0 Å². The van der Waals surface area contributed by atoms with Gasteiger partial charge in [0.2, 0.25) is 0 Å². The van der Waals surface area contributed by atoms with Crippen molar-refractivity contribution in [3.8, 4) is 0 Å². The number of thiocarbonyl (C=S) groups is 1. The van der Waals surface area contributed by atoms with Crippen LogP contribution in [0.5, 0.6) is 0 Å². The topological polar surface area (TPSA) is 96.3 Å². The predicted octanol–water partition coefficient (Wildman–Crippen LogP) is 2.51. The van der Waals surface area contributed by atoms with Gasteiger partial charge in [-0.1, -0.05) is 13.8 Å². The molecule has 22 heavy (non-hydrogen) atoms. The third kappa shape index (κ3) is 5.94. The number of nitro benzene ring substituents is 1. The second-order valence-corrected chi connectivity index (χ2v) is 6.20. The normalized spacial score (nSPS) is 10.2. The van der Waals surface area contributed by atoms with Gasteiger partial charge in [-0.3, -0.25) is 25.8 Å². The van der Waals surface area contributed by atoms with Gasteiger partial charge in [0.15, 0.2) is 5.11 Å². The number of hydrogen-bond donors (Lipinski definition) is 3. The van der Waals surface area contributed by atoms with Gasteiger partial charge in [-0.25, -0.2) is 0 Å². The highest BCUT2D eigenvalue weighted by Crippen LogP contribution is 2.25. The standard InChI is InChI=1S/C13H17BrN4O3S/c1-8(2)5-6-15-13(22)17-16-12(19)9-3-4-10(14)11(7-9)18(20)21/h3-4,7-8H,5-6H2,1-2H3,(H,16,19)(H2,15,17,22). The van der Waals surface area contributed by atoms with Crippen molar-refractivity contribution in [3.05, 3.63) is 38.3 Å². The zero-order chi connectivity index (χ0) is 16.7. The molecule has 0 aromatic heterocycles. The summed E-state index contributed by atoms with van der Waals surface area (Å²) in [5.41, 5.74) is 4.93. The highest BCUT2D eigenvalue weighted by Gasteiger charge is 2.15. The van der Waals surface area contributed by atoms with E-state index in [1.807, 2.05) is 0 Å². The monoisotopic (exact) mass is 388 g/mol. The molecule has 0 atom stereocenters. The molecule has 7 nitrogen and oxygen atoms in total. The maximum Gasteiger partial charge on any atom is 0.284 e. The van der Waals surface area contributed by atoms with Crippen LogP contribution in [-0.2, 0) is 0 Å². The van der Waals surface area contributed by atoms with Gasteiger partial charge in [-0.05, 0) is 52.6 Å². The molecule has 0 aliphatic carbocycles. The first-order valence-corrected chi connectivity index (χ1v) is 7.79. The number of hydrogen-bond acceptors (Lipinski definition) is 4. The third-order valence-corrected chi connectivity index (χ3v) is 3.62. The van der Waals surface area contributed by atoms with Crippen molar-refractivity contribution in [2.45, 2.75) is 20.3 Å². The Morgan fingerprint density at radius 2 is 2.09 bits per heavy atom. The Kier molecular flexibility index (Phi) is 7.19. The fraction of sp³-hybridized carbons (Fsp3) is 0.385. The predicted molar refractivity (Wildman–Crippen MR) is 91.5 cm³/mol. The molecule has 120 valence electrons. The molecule has 0 unspecified atom stereocenters. The lowest BCUT2D eigenvalue weighted by Gasteiger charge is -2.12. The van der Waals surface area contributed by atoms with Gasteiger partial charge >= 0.3 is 0 Å². The van der Waals surface area contributed by atoms with Crippen molar-refractivity contribution < 1.29 is 9.72 Å². The smallest absolute Gasteiger partial charge is 0.284 e. The van der Waals surface area contributed by atoms with Gasteiger partial charge in [-0.15, -0.1) is 0 Å². The first-order valence-electron chi connectivity index (χ1n) is 6.59. The molecule has 0 fully saturated rings. The van der Waals surface area contributed by atoms with Crippen LogP contribution in [0.15, 0.2) is 22.7 Å². The minimum atomic E-state index is -0.563. The number of amides is 1. The van der Waals surface area contributed by atoms with E-state index in [4.69, 9.17) is 12.2 Å². The summed E-state index contributed by atoms with van der Waals surface area (Å²) >= 11 is 8.07. The highest BCUT2D eigenvalue weighted by molar-refractivity contribution is 9.10. The van der Waals surface area contributed by atoms with E-state index in [0.717, 1.165) is 6.42 Å². The Bertz CT molecular complexity index is 580. The van der Waals surface area contributed by atoms with Crippen molar-refractivity contribution in [1.82, 2.24) is 16.2 Å². The summed E-state index contributed by atoms with van der Waals surface area (Å²) in [7, 11) is 0. The number of nitrogens with one attached hydrogen (secondary N) is 3. The van der Waals surface area contributed by atoms with Crippen molar-refractivity contribution in [2.75, 3.05) is 6.54 Å². The van der Waals surface area contributed by atoms with Crippen molar-refractivity contribution in [3.63, 3.8) is 0 Å². The molecule has 0 aliphatic rings. The molecule has 0 bridgehead atoms. The van der Waals surface area contributed by atoms with Crippen molar-refractivity contribution in [1.29, 1.82) is 0 Å². The van der Waals surface area contributed by atoms with E-state index in [-0.39, 0.29) is 11.3 Å². The summed E-state index contributed by atoms with van der Waals surface area (Å²) in [6.07, 6.45) is 0.953. The molecular formula is C13H17BrN4O3S. The Labute approximate surface area is 142 Å². The summed E-state index contributed by atoms with van der Waals surface area (Å²) in [5, 5.41) is 14.1. The number of halogens is 1. The lowest BCUT2D eigenvalue weighted by Crippen LogP contribution is -2.47. The molecule has 0 spiro atoms. The number of rotatable bonds is 5. The molecule has 0 saturated carbocycles. The lowest BCUT2D eigenvalue weighted by atomic mass is 10.1. The summed E-state index contributed by atoms with van der Waals surface area (Å²) in [5.74, 6) is 0.0387. The summed E-state index contributed by atoms with van der Waals surface area (Å²) in [6, 6.07) is 4.12. The minimum Gasteiger partial charge on any atom is -0.361 e. The molecule has 3 N–H and O–H groups in total. The molecule has 0 saturated heterocycles. The van der Waals surface area contributed by atoms with Crippen LogP contribution < -0.4 is 16.2 Å². The van der Waals surface area contributed by atoms with Gasteiger partial charge in [0.25, 0.3) is 11.6 Å². The molecule has 1 rings (SSSR count). The van der Waals surface area contributed by atoms with E-state index < -0.39 is 10.8 Å². The molecule has 0 heterocycles. The van der Waals surface area contributed by atoms with Crippen LogP contribution in [0.25, 0.3) is 0 Å². The van der Waals surface area contributed by atoms with Crippen molar-refractivity contribution >= 4 is 44.9 Å². The van der Waals surface area contributed by atoms with Crippen LogP contribution in [0.3, 0.4) is 0 Å². The summed E-state index contributed by atoms with van der Waals surface area (Å²) in [4.78, 5) is 22.2. The van der Waals surface area contributed by atoms with Crippen LogP contribution >= 0.6 is 28.1 Å². The molecule has 0 aliphatic heterocycles. The van der Waals surface area contributed by atoms with Gasteiger partial charge in [0.05, 0.1) is 9.40 Å². The van der Waals surface area contributed by atoms with E-state index in [0.29, 0.717) is 22.0 Å². The SMILES string of the molecule is CC(C)CCNC(=S)NNC(=O)c1ccc(Br)c([N+](=O)[O-])c1. The first-order chi connectivity index (χ1) is 10.3. The fourth-order valence-electron chi connectivity index (χ4n) is 1.50. The lowest BCUT2D eigenvalue weighted by molar-refractivity contribution is -0.385. The number of hydrazine groups is 1. The maximum absolute atomic E-state index is 11.9. The average molecular weight is 389 g/mol. The number of carbonyl (C=O) groups excluding carboxylic acids is 1. The minimum absolute atomic E-state index is 0.160. The highest BCUT2D eigenvalue weighted by atomic mass is 79.9. The Morgan fingerprint density at radius 3 is 2.68 bits per heavy atom. The molecule has 1 aromatic rings. The zero-order valence-electron chi connectivity index (χ0n) is 12.2. The molecule has 1 aromatic carbocycles. The quantitative estimate of drug-likeness (QED) is 0.407. The van der Waals surface area contributed by atoms with E-state index in [9.17, 15) is 14.9 Å². The van der Waals surface area contributed by atoms with Crippen LogP contribution in [-0.4, -0.2) is 22.5 Å². The van der Waals surface area contributed by atoms with Gasteiger partial charge < -0.3 is 5.32 Å².